The normalized spacial score (nSPS) is 14.9. The molecule has 0 amide bonds. The Bertz CT molecular complexity index is 1380. The number of nitriles is 1. The Morgan fingerprint density at radius 1 is 1.03 bits per heavy atom. The summed E-state index contributed by atoms with van der Waals surface area (Å²) in [5.74, 6) is 0. The van der Waals surface area contributed by atoms with Crippen molar-refractivity contribution in [3.63, 3.8) is 0 Å². The molecule has 1 aliphatic rings. The molecule has 0 unspecified atom stereocenters. The molecule has 2 aromatic carbocycles. The number of hydrogen-bond donors (Lipinski definition) is 1. The number of piperazine rings is 1. The number of nitrogens with one attached hydrogen (secondary N) is 1. The van der Waals surface area contributed by atoms with Gasteiger partial charge in [-0.15, -0.1) is 11.3 Å². The monoisotopic (exact) mass is 467 g/mol. The van der Waals surface area contributed by atoms with Crippen LogP contribution in [0.4, 0.5) is 11.4 Å². The van der Waals surface area contributed by atoms with E-state index < -0.39 is 0 Å². The number of thiophene rings is 1. The van der Waals surface area contributed by atoms with Crippen molar-refractivity contribution in [1.29, 1.82) is 5.26 Å². The zero-order chi connectivity index (χ0) is 23.7. The van der Waals surface area contributed by atoms with Crippen molar-refractivity contribution in [1.82, 2.24) is 14.8 Å². The van der Waals surface area contributed by atoms with Crippen LogP contribution in [0.3, 0.4) is 0 Å². The van der Waals surface area contributed by atoms with Gasteiger partial charge in [0.25, 0.3) is 0 Å². The molecule has 172 valence electrons. The molecule has 1 saturated heterocycles. The zero-order valence-electron chi connectivity index (χ0n) is 19.9. The third-order valence-electron chi connectivity index (χ3n) is 6.59. The van der Waals surface area contributed by atoms with E-state index in [1.54, 1.807) is 6.20 Å². The first-order valence-electron chi connectivity index (χ1n) is 11.7. The van der Waals surface area contributed by atoms with Crippen LogP contribution < -0.4 is 5.32 Å². The average Bonchev–Trinajstić information content (AvgIpc) is 3.30. The van der Waals surface area contributed by atoms with Crippen LogP contribution in [0.5, 0.6) is 0 Å². The standard InChI is InChI=1S/C28H29N5S/c1-19-4-7-26(20(2)12-19)31-28-23(15-29)16-30-27-14-21(5-6-25(27)28)22-13-24(34-18-22)17-33-10-8-32(3)9-11-33/h4-7,12-14,16,18H,8-11,17H2,1-3H3,(H,30,31). The Kier molecular flexibility index (Phi) is 6.34. The summed E-state index contributed by atoms with van der Waals surface area (Å²) in [7, 11) is 2.19. The van der Waals surface area contributed by atoms with Crippen LogP contribution in [-0.2, 0) is 6.54 Å². The van der Waals surface area contributed by atoms with Crippen LogP contribution in [-0.4, -0.2) is 48.0 Å². The van der Waals surface area contributed by atoms with Crippen molar-refractivity contribution in [3.8, 4) is 17.2 Å². The number of pyridine rings is 1. The van der Waals surface area contributed by atoms with Crippen LogP contribution in [0.1, 0.15) is 21.6 Å². The Hall–Kier alpha value is -3.24. The van der Waals surface area contributed by atoms with E-state index in [2.05, 4.69) is 94.9 Å². The molecule has 1 aliphatic heterocycles. The third kappa shape index (κ3) is 4.69. The molecule has 3 heterocycles. The Morgan fingerprint density at radius 2 is 1.85 bits per heavy atom. The molecule has 5 nitrogen and oxygen atoms in total. The second-order valence-electron chi connectivity index (χ2n) is 9.22. The van der Waals surface area contributed by atoms with Gasteiger partial charge in [-0.2, -0.15) is 5.26 Å². The molecule has 0 spiro atoms. The molecule has 0 saturated carbocycles. The number of nitrogens with zero attached hydrogens (tertiary/aromatic N) is 4. The molecule has 0 radical (unpaired) electrons. The van der Waals surface area contributed by atoms with Gasteiger partial charge in [-0.3, -0.25) is 9.88 Å². The van der Waals surface area contributed by atoms with E-state index in [1.165, 1.54) is 16.0 Å². The lowest BCUT2D eigenvalue weighted by molar-refractivity contribution is 0.149. The molecule has 2 aromatic heterocycles. The number of rotatable bonds is 5. The molecule has 4 aromatic rings. The summed E-state index contributed by atoms with van der Waals surface area (Å²) < 4.78 is 0. The van der Waals surface area contributed by atoms with Crippen LogP contribution in [0.25, 0.3) is 22.0 Å². The number of fused-ring (bicyclic) bond motifs is 1. The quantitative estimate of drug-likeness (QED) is 0.393. The van der Waals surface area contributed by atoms with Crippen molar-refractivity contribution < 1.29 is 0 Å². The van der Waals surface area contributed by atoms with Crippen LogP contribution >= 0.6 is 11.3 Å². The lowest BCUT2D eigenvalue weighted by Gasteiger charge is -2.31. The van der Waals surface area contributed by atoms with E-state index in [0.29, 0.717) is 5.56 Å². The average molecular weight is 468 g/mol. The summed E-state index contributed by atoms with van der Waals surface area (Å²) in [6.45, 7) is 9.71. The van der Waals surface area contributed by atoms with E-state index in [4.69, 9.17) is 0 Å². The summed E-state index contributed by atoms with van der Waals surface area (Å²) in [6, 6.07) is 17.3. The Labute approximate surface area is 205 Å². The molecule has 0 bridgehead atoms. The van der Waals surface area contributed by atoms with Gasteiger partial charge in [0.1, 0.15) is 6.07 Å². The lowest BCUT2D eigenvalue weighted by Crippen LogP contribution is -2.43. The number of aryl methyl sites for hydroxylation is 2. The molecule has 6 heteroatoms. The molecule has 1 N–H and O–H groups in total. The van der Waals surface area contributed by atoms with Crippen molar-refractivity contribution in [3.05, 3.63) is 75.6 Å². The van der Waals surface area contributed by atoms with E-state index in [-0.39, 0.29) is 0 Å². The second-order valence-corrected chi connectivity index (χ2v) is 10.2. The fourth-order valence-corrected chi connectivity index (χ4v) is 5.46. The van der Waals surface area contributed by atoms with Gasteiger partial charge in [0, 0.05) is 54.9 Å². The van der Waals surface area contributed by atoms with Gasteiger partial charge >= 0.3 is 0 Å². The molecule has 5 rings (SSSR count). The molecule has 1 fully saturated rings. The largest absolute Gasteiger partial charge is 0.354 e. The summed E-state index contributed by atoms with van der Waals surface area (Å²) in [4.78, 5) is 10.9. The van der Waals surface area contributed by atoms with Crippen molar-refractivity contribution >= 4 is 33.6 Å². The topological polar surface area (TPSA) is 55.2 Å². The minimum absolute atomic E-state index is 0.547. The minimum atomic E-state index is 0.547. The van der Waals surface area contributed by atoms with Gasteiger partial charge in [-0.25, -0.2) is 0 Å². The predicted molar refractivity (Wildman–Crippen MR) is 142 cm³/mol. The van der Waals surface area contributed by atoms with Gasteiger partial charge in [0.15, 0.2) is 0 Å². The van der Waals surface area contributed by atoms with Crippen LogP contribution in [0.2, 0.25) is 0 Å². The minimum Gasteiger partial charge on any atom is -0.354 e. The number of anilines is 2. The van der Waals surface area contributed by atoms with Gasteiger partial charge in [-0.1, -0.05) is 29.8 Å². The summed E-state index contributed by atoms with van der Waals surface area (Å²) in [5, 5.41) is 16.4. The smallest absolute Gasteiger partial charge is 0.103 e. The first kappa shape index (κ1) is 22.5. The highest BCUT2D eigenvalue weighted by Gasteiger charge is 2.16. The first-order chi connectivity index (χ1) is 16.5. The summed E-state index contributed by atoms with van der Waals surface area (Å²) in [5.41, 5.74) is 8.00. The van der Waals surface area contributed by atoms with Gasteiger partial charge < -0.3 is 10.2 Å². The fraction of sp³-hybridized carbons (Fsp3) is 0.286. The number of benzene rings is 2. The second kappa shape index (κ2) is 9.55. The Morgan fingerprint density at radius 3 is 2.62 bits per heavy atom. The molecule has 0 aliphatic carbocycles. The SMILES string of the molecule is Cc1ccc(Nc2c(C#N)cnc3cc(-c4csc(CN5CCN(C)CC5)c4)ccc23)c(C)c1. The van der Waals surface area contributed by atoms with Crippen molar-refractivity contribution in [2.24, 2.45) is 0 Å². The van der Waals surface area contributed by atoms with E-state index >= 15 is 0 Å². The van der Waals surface area contributed by atoms with Gasteiger partial charge in [0.2, 0.25) is 0 Å². The summed E-state index contributed by atoms with van der Waals surface area (Å²) >= 11 is 1.83. The number of hydrogen-bond acceptors (Lipinski definition) is 6. The lowest BCUT2D eigenvalue weighted by atomic mass is 10.0. The van der Waals surface area contributed by atoms with Crippen LogP contribution in [0.15, 0.2) is 54.0 Å². The first-order valence-corrected chi connectivity index (χ1v) is 12.5. The number of likely N-dealkylation sites (N-methyl/N-ethyl adjacent to an activating group) is 1. The molecule has 34 heavy (non-hydrogen) atoms. The van der Waals surface area contributed by atoms with Gasteiger partial charge in [-0.05, 0) is 61.2 Å². The van der Waals surface area contributed by atoms with Crippen LogP contribution in [0, 0.1) is 25.2 Å². The molecule has 0 atom stereocenters. The predicted octanol–water partition coefficient (Wildman–Crippen LogP) is 5.94. The highest BCUT2D eigenvalue weighted by atomic mass is 32.1. The van der Waals surface area contributed by atoms with Crippen molar-refractivity contribution in [2.75, 3.05) is 38.5 Å². The Balaban J connectivity index is 1.43. The highest BCUT2D eigenvalue weighted by molar-refractivity contribution is 7.10. The van der Waals surface area contributed by atoms with E-state index in [0.717, 1.165) is 66.1 Å². The van der Waals surface area contributed by atoms with Gasteiger partial charge in [0.05, 0.1) is 16.8 Å². The van der Waals surface area contributed by atoms with Crippen molar-refractivity contribution in [2.45, 2.75) is 20.4 Å². The maximum absolute atomic E-state index is 9.72. The third-order valence-corrected chi connectivity index (χ3v) is 7.52. The molecular formula is C28H29N5S. The number of aromatic nitrogens is 1. The molecular weight excluding hydrogens is 438 g/mol. The van der Waals surface area contributed by atoms with E-state index in [9.17, 15) is 5.26 Å². The zero-order valence-corrected chi connectivity index (χ0v) is 20.7. The summed E-state index contributed by atoms with van der Waals surface area (Å²) in [6.07, 6.45) is 1.67. The maximum atomic E-state index is 9.72. The fourth-order valence-electron chi connectivity index (χ4n) is 4.52. The maximum Gasteiger partial charge on any atom is 0.103 e. The highest BCUT2D eigenvalue weighted by Crippen LogP contribution is 2.34. The van der Waals surface area contributed by atoms with E-state index in [1.807, 2.05) is 11.3 Å².